The molecule has 5 nitrogen and oxygen atoms in total. The Morgan fingerprint density at radius 1 is 1.16 bits per heavy atom. The second kappa shape index (κ2) is 9.67. The highest BCUT2D eigenvalue weighted by molar-refractivity contribution is 8.04. The average Bonchev–Trinajstić information content (AvgIpc) is 3.32. The Hall–Kier alpha value is -2.31. The first-order valence-corrected chi connectivity index (χ1v) is 12.0. The number of aryl methyl sites for hydroxylation is 1. The van der Waals surface area contributed by atoms with Crippen LogP contribution in [-0.2, 0) is 16.0 Å². The van der Waals surface area contributed by atoms with Crippen molar-refractivity contribution in [2.45, 2.75) is 55.4 Å². The lowest BCUT2D eigenvalue weighted by Crippen LogP contribution is -2.45. The number of aliphatic hydroxyl groups excluding tert-OH is 1. The number of halogens is 1. The van der Waals surface area contributed by atoms with Gasteiger partial charge in [-0.1, -0.05) is 42.3 Å². The zero-order valence-corrected chi connectivity index (χ0v) is 19.5. The van der Waals surface area contributed by atoms with E-state index in [2.05, 4.69) is 0 Å². The number of carbonyl (C=O) groups is 1. The molecule has 2 aliphatic rings. The lowest BCUT2D eigenvalue weighted by molar-refractivity contribution is -0.166. The predicted octanol–water partition coefficient (Wildman–Crippen LogP) is 6.42. The SMILES string of the molecule is COc1ccc(CCC2(C3CCCC3)CC(O)=C(Sc3ccc(O)cc3)C(=O)O2)cc1Cl. The monoisotopic (exact) mass is 474 g/mol. The van der Waals surface area contributed by atoms with Crippen LogP contribution in [0.4, 0.5) is 0 Å². The number of phenolic OH excluding ortho intramolecular Hbond substituents is 1. The number of rotatable bonds is 7. The van der Waals surface area contributed by atoms with E-state index in [-0.39, 0.29) is 22.3 Å². The van der Waals surface area contributed by atoms with E-state index in [1.165, 1.54) is 11.8 Å². The summed E-state index contributed by atoms with van der Waals surface area (Å²) in [5, 5.41) is 21.0. The first-order chi connectivity index (χ1) is 15.4. The van der Waals surface area contributed by atoms with Crippen molar-refractivity contribution in [2.75, 3.05) is 7.11 Å². The zero-order chi connectivity index (χ0) is 22.7. The minimum atomic E-state index is -0.719. The summed E-state index contributed by atoms with van der Waals surface area (Å²) in [6, 6.07) is 12.2. The van der Waals surface area contributed by atoms with E-state index in [4.69, 9.17) is 21.1 Å². The van der Waals surface area contributed by atoms with Gasteiger partial charge in [0.05, 0.1) is 12.1 Å². The number of esters is 1. The minimum Gasteiger partial charge on any atom is -0.511 e. The lowest BCUT2D eigenvalue weighted by Gasteiger charge is -2.41. The molecule has 1 heterocycles. The standard InChI is InChI=1S/C25H27ClO5S/c1-30-22-11-6-16(14-20(22)26)12-13-25(17-4-2-3-5-17)15-21(28)23(24(29)31-25)32-19-9-7-18(27)8-10-19/h6-11,14,17,27-28H,2-5,12-13,15H2,1H3. The van der Waals surface area contributed by atoms with Crippen LogP contribution in [0.5, 0.6) is 11.5 Å². The Kier molecular flexibility index (Phi) is 6.91. The predicted molar refractivity (Wildman–Crippen MR) is 125 cm³/mol. The molecule has 0 spiro atoms. The summed E-state index contributed by atoms with van der Waals surface area (Å²) in [5.41, 5.74) is 0.320. The summed E-state index contributed by atoms with van der Waals surface area (Å²) in [6.07, 6.45) is 5.81. The van der Waals surface area contributed by atoms with Crippen LogP contribution in [0.25, 0.3) is 0 Å². The van der Waals surface area contributed by atoms with E-state index in [0.29, 0.717) is 30.0 Å². The van der Waals surface area contributed by atoms with E-state index in [1.54, 1.807) is 31.4 Å². The molecule has 1 fully saturated rings. The van der Waals surface area contributed by atoms with Crippen molar-refractivity contribution >= 4 is 29.3 Å². The van der Waals surface area contributed by atoms with Crippen LogP contribution in [-0.4, -0.2) is 28.9 Å². The Morgan fingerprint density at radius 3 is 2.50 bits per heavy atom. The summed E-state index contributed by atoms with van der Waals surface area (Å²) in [6.45, 7) is 0. The third kappa shape index (κ3) is 4.86. The van der Waals surface area contributed by atoms with E-state index in [9.17, 15) is 15.0 Å². The van der Waals surface area contributed by atoms with Crippen LogP contribution >= 0.6 is 23.4 Å². The van der Waals surface area contributed by atoms with Crippen LogP contribution in [0.2, 0.25) is 5.02 Å². The Labute approximate surface area is 197 Å². The summed E-state index contributed by atoms with van der Waals surface area (Å²) in [4.78, 5) is 14.0. The molecule has 2 aromatic carbocycles. The molecule has 2 aromatic rings. The second-order valence-electron chi connectivity index (χ2n) is 8.45. The van der Waals surface area contributed by atoms with Gasteiger partial charge in [-0.15, -0.1) is 0 Å². The molecule has 170 valence electrons. The lowest BCUT2D eigenvalue weighted by atomic mass is 9.77. The van der Waals surface area contributed by atoms with Crippen molar-refractivity contribution in [1.29, 1.82) is 0 Å². The normalized spacial score (nSPS) is 21.6. The zero-order valence-electron chi connectivity index (χ0n) is 18.0. The van der Waals surface area contributed by atoms with Gasteiger partial charge in [0, 0.05) is 11.3 Å². The fourth-order valence-corrected chi connectivity index (χ4v) is 5.83. The molecule has 1 aliphatic carbocycles. The molecule has 32 heavy (non-hydrogen) atoms. The summed E-state index contributed by atoms with van der Waals surface area (Å²) in [5.74, 6) is 0.604. The van der Waals surface area contributed by atoms with E-state index in [0.717, 1.165) is 36.1 Å². The molecule has 1 aliphatic heterocycles. The average molecular weight is 475 g/mol. The highest BCUT2D eigenvalue weighted by atomic mass is 35.5. The van der Waals surface area contributed by atoms with Crippen LogP contribution in [0.1, 0.15) is 44.1 Å². The second-order valence-corrected chi connectivity index (χ2v) is 9.94. The maximum Gasteiger partial charge on any atom is 0.349 e. The van der Waals surface area contributed by atoms with Crippen LogP contribution in [0.15, 0.2) is 58.0 Å². The van der Waals surface area contributed by atoms with Gasteiger partial charge in [-0.25, -0.2) is 4.79 Å². The number of cyclic esters (lactones) is 1. The molecule has 2 N–H and O–H groups in total. The Balaban J connectivity index is 1.56. The molecule has 7 heteroatoms. The molecule has 1 atom stereocenters. The van der Waals surface area contributed by atoms with Crippen LogP contribution in [0, 0.1) is 5.92 Å². The minimum absolute atomic E-state index is 0.0824. The van der Waals surface area contributed by atoms with Crippen molar-refractivity contribution in [3.63, 3.8) is 0 Å². The maximum atomic E-state index is 13.0. The molecule has 0 aromatic heterocycles. The van der Waals surface area contributed by atoms with E-state index < -0.39 is 11.6 Å². The van der Waals surface area contributed by atoms with Crippen molar-refractivity contribution in [2.24, 2.45) is 5.92 Å². The van der Waals surface area contributed by atoms with Gasteiger partial charge in [-0.2, -0.15) is 0 Å². The smallest absolute Gasteiger partial charge is 0.349 e. The maximum absolute atomic E-state index is 13.0. The highest BCUT2D eigenvalue weighted by Gasteiger charge is 2.48. The molecule has 0 amide bonds. The van der Waals surface area contributed by atoms with Crippen molar-refractivity contribution in [1.82, 2.24) is 0 Å². The topological polar surface area (TPSA) is 76.0 Å². The third-order valence-corrected chi connectivity index (χ3v) is 7.83. The van der Waals surface area contributed by atoms with Gasteiger partial charge < -0.3 is 19.7 Å². The number of hydrogen-bond donors (Lipinski definition) is 2. The van der Waals surface area contributed by atoms with Crippen molar-refractivity contribution in [3.8, 4) is 11.5 Å². The van der Waals surface area contributed by atoms with Gasteiger partial charge in [0.15, 0.2) is 0 Å². The number of aromatic hydroxyl groups is 1. The number of aliphatic hydroxyl groups is 1. The molecular weight excluding hydrogens is 448 g/mol. The summed E-state index contributed by atoms with van der Waals surface area (Å²) < 4.78 is 11.4. The molecule has 0 saturated heterocycles. The number of thioether (sulfide) groups is 1. The number of phenols is 1. The van der Waals surface area contributed by atoms with Crippen LogP contribution < -0.4 is 4.74 Å². The summed E-state index contributed by atoms with van der Waals surface area (Å²) >= 11 is 7.45. The molecule has 1 saturated carbocycles. The number of benzene rings is 2. The number of carbonyl (C=O) groups excluding carboxylic acids is 1. The fraction of sp³-hybridized carbons (Fsp3) is 0.400. The van der Waals surface area contributed by atoms with Gasteiger partial charge in [0.2, 0.25) is 0 Å². The van der Waals surface area contributed by atoms with Crippen LogP contribution in [0.3, 0.4) is 0 Å². The van der Waals surface area contributed by atoms with Gasteiger partial charge in [-0.05, 0) is 73.6 Å². The summed E-state index contributed by atoms with van der Waals surface area (Å²) in [7, 11) is 1.58. The van der Waals surface area contributed by atoms with Crippen molar-refractivity contribution in [3.05, 3.63) is 63.7 Å². The van der Waals surface area contributed by atoms with E-state index >= 15 is 0 Å². The molecule has 0 radical (unpaired) electrons. The Morgan fingerprint density at radius 2 is 1.88 bits per heavy atom. The van der Waals surface area contributed by atoms with Gasteiger partial charge in [0.25, 0.3) is 0 Å². The number of ether oxygens (including phenoxy) is 2. The first kappa shape index (κ1) is 22.9. The largest absolute Gasteiger partial charge is 0.511 e. The number of hydrogen-bond acceptors (Lipinski definition) is 6. The Bertz CT molecular complexity index is 1010. The molecule has 4 rings (SSSR count). The quantitative estimate of drug-likeness (QED) is 0.450. The molecule has 0 bridgehead atoms. The van der Waals surface area contributed by atoms with Gasteiger partial charge >= 0.3 is 5.97 Å². The first-order valence-electron chi connectivity index (χ1n) is 10.8. The highest BCUT2D eigenvalue weighted by Crippen LogP contribution is 2.48. The third-order valence-electron chi connectivity index (χ3n) is 6.42. The van der Waals surface area contributed by atoms with Crippen molar-refractivity contribution < 1.29 is 24.5 Å². The van der Waals surface area contributed by atoms with Gasteiger partial charge in [0.1, 0.15) is 27.8 Å². The molecular formula is C25H27ClO5S. The molecule has 1 unspecified atom stereocenters. The van der Waals surface area contributed by atoms with Gasteiger partial charge in [-0.3, -0.25) is 0 Å². The number of methoxy groups -OCH3 is 1. The van der Waals surface area contributed by atoms with E-state index in [1.807, 2.05) is 18.2 Å². The fourth-order valence-electron chi connectivity index (χ4n) is 4.73.